The smallest absolute Gasteiger partial charge is 0.471 e. The van der Waals surface area contributed by atoms with E-state index in [9.17, 15) is 27.2 Å². The molecule has 0 bridgehead atoms. The van der Waals surface area contributed by atoms with Crippen LogP contribution in [0.2, 0.25) is 5.02 Å². The Labute approximate surface area is 115 Å². The molecule has 0 aliphatic heterocycles. The van der Waals surface area contributed by atoms with Gasteiger partial charge in [0.2, 0.25) is 0 Å². The van der Waals surface area contributed by atoms with Gasteiger partial charge in [-0.2, -0.15) is 13.2 Å². The monoisotopic (exact) mass is 313 g/mol. The van der Waals surface area contributed by atoms with Gasteiger partial charge in [0.15, 0.2) is 0 Å². The summed E-state index contributed by atoms with van der Waals surface area (Å²) >= 11 is 5.47. The van der Waals surface area contributed by atoms with E-state index in [-0.39, 0.29) is 10.6 Å². The molecule has 1 aromatic rings. The van der Waals surface area contributed by atoms with Crippen LogP contribution in [-0.4, -0.2) is 29.2 Å². The Bertz CT molecular complexity index is 533. The average molecular weight is 314 g/mol. The lowest BCUT2D eigenvalue weighted by molar-refractivity contribution is -0.175. The molecule has 0 radical (unpaired) electrons. The van der Waals surface area contributed by atoms with Crippen molar-refractivity contribution >= 4 is 23.5 Å². The molecule has 4 nitrogen and oxygen atoms in total. The maximum Gasteiger partial charge on any atom is 0.471 e. The second-order valence-electron chi connectivity index (χ2n) is 3.81. The maximum atomic E-state index is 12.9. The van der Waals surface area contributed by atoms with Crippen LogP contribution in [0.5, 0.6) is 0 Å². The molecule has 0 aliphatic carbocycles. The fourth-order valence-corrected chi connectivity index (χ4v) is 1.55. The second kappa shape index (κ2) is 6.08. The molecule has 1 atom stereocenters. The highest BCUT2D eigenvalue weighted by Crippen LogP contribution is 2.18. The molecule has 0 aliphatic rings. The Balaban J connectivity index is 2.85. The van der Waals surface area contributed by atoms with E-state index in [1.165, 1.54) is 5.32 Å². The van der Waals surface area contributed by atoms with Crippen molar-refractivity contribution in [3.63, 3.8) is 0 Å². The number of aliphatic carboxylic acids is 1. The number of benzene rings is 1. The van der Waals surface area contributed by atoms with E-state index in [2.05, 4.69) is 0 Å². The van der Waals surface area contributed by atoms with Crippen molar-refractivity contribution < 1.29 is 32.3 Å². The predicted octanol–water partition coefficient (Wildman–Crippen LogP) is 2.15. The molecule has 0 fully saturated rings. The first-order valence-corrected chi connectivity index (χ1v) is 5.53. The number of hydrogen-bond donors (Lipinski definition) is 2. The number of amides is 1. The lowest BCUT2D eigenvalue weighted by atomic mass is 10.1. The topological polar surface area (TPSA) is 66.4 Å². The number of rotatable bonds is 4. The Morgan fingerprint density at radius 3 is 2.40 bits per heavy atom. The average Bonchev–Trinajstić information content (AvgIpc) is 2.31. The lowest BCUT2D eigenvalue weighted by Crippen LogP contribution is -2.47. The predicted molar refractivity (Wildman–Crippen MR) is 60.7 cm³/mol. The van der Waals surface area contributed by atoms with E-state index in [4.69, 9.17) is 16.7 Å². The third kappa shape index (κ3) is 4.37. The Morgan fingerprint density at radius 1 is 1.35 bits per heavy atom. The van der Waals surface area contributed by atoms with Gasteiger partial charge >= 0.3 is 18.1 Å². The first kappa shape index (κ1) is 16.2. The summed E-state index contributed by atoms with van der Waals surface area (Å²) in [6, 6.07) is 1.39. The molecular formula is C11H8ClF4NO3. The number of carboxylic acid groups (broad SMARTS) is 1. The largest absolute Gasteiger partial charge is 0.480 e. The van der Waals surface area contributed by atoms with E-state index >= 15 is 0 Å². The molecule has 1 amide bonds. The summed E-state index contributed by atoms with van der Waals surface area (Å²) in [6.07, 6.45) is -5.65. The summed E-state index contributed by atoms with van der Waals surface area (Å²) in [5, 5.41) is 9.83. The van der Waals surface area contributed by atoms with Gasteiger partial charge in [-0.1, -0.05) is 17.7 Å². The second-order valence-corrected chi connectivity index (χ2v) is 4.22. The quantitative estimate of drug-likeness (QED) is 0.837. The van der Waals surface area contributed by atoms with Gasteiger partial charge in [0, 0.05) is 6.42 Å². The zero-order valence-corrected chi connectivity index (χ0v) is 10.4. The number of alkyl halides is 3. The zero-order chi connectivity index (χ0) is 15.5. The van der Waals surface area contributed by atoms with Gasteiger partial charge in [-0.25, -0.2) is 9.18 Å². The molecule has 1 unspecified atom stereocenters. The molecular weight excluding hydrogens is 306 g/mol. The molecule has 0 aromatic heterocycles. The highest BCUT2D eigenvalue weighted by molar-refractivity contribution is 6.30. The number of carbonyl (C=O) groups excluding carboxylic acids is 1. The summed E-state index contributed by atoms with van der Waals surface area (Å²) in [6.45, 7) is 0. The number of hydrogen-bond acceptors (Lipinski definition) is 2. The van der Waals surface area contributed by atoms with Gasteiger partial charge in [0.05, 0.1) is 5.02 Å². The highest BCUT2D eigenvalue weighted by Gasteiger charge is 2.40. The van der Waals surface area contributed by atoms with E-state index in [1.54, 1.807) is 0 Å². The van der Waals surface area contributed by atoms with Crippen molar-refractivity contribution in [2.24, 2.45) is 0 Å². The highest BCUT2D eigenvalue weighted by atomic mass is 35.5. The summed E-state index contributed by atoms with van der Waals surface area (Å²) in [7, 11) is 0. The molecule has 9 heteroatoms. The number of carboxylic acids is 1. The third-order valence-electron chi connectivity index (χ3n) is 2.28. The van der Waals surface area contributed by atoms with Crippen LogP contribution in [0.3, 0.4) is 0 Å². The van der Waals surface area contributed by atoms with Crippen LogP contribution in [0.4, 0.5) is 17.6 Å². The van der Waals surface area contributed by atoms with Crippen molar-refractivity contribution in [3.05, 3.63) is 34.6 Å². The molecule has 0 spiro atoms. The van der Waals surface area contributed by atoms with Gasteiger partial charge in [0.1, 0.15) is 11.9 Å². The van der Waals surface area contributed by atoms with Gasteiger partial charge in [-0.3, -0.25) is 4.79 Å². The van der Waals surface area contributed by atoms with Crippen LogP contribution in [0.15, 0.2) is 18.2 Å². The minimum Gasteiger partial charge on any atom is -0.480 e. The minimum absolute atomic E-state index is 0.172. The van der Waals surface area contributed by atoms with Gasteiger partial charge < -0.3 is 10.4 Å². The van der Waals surface area contributed by atoms with Crippen molar-refractivity contribution in [3.8, 4) is 0 Å². The van der Waals surface area contributed by atoms with Gasteiger partial charge in [-0.15, -0.1) is 0 Å². The van der Waals surface area contributed by atoms with Crippen molar-refractivity contribution in [2.45, 2.75) is 18.6 Å². The van der Waals surface area contributed by atoms with Crippen LogP contribution in [0.25, 0.3) is 0 Å². The number of halogens is 5. The lowest BCUT2D eigenvalue weighted by Gasteiger charge is -2.16. The third-order valence-corrected chi connectivity index (χ3v) is 2.57. The molecule has 2 N–H and O–H groups in total. The maximum absolute atomic E-state index is 12.9. The molecule has 0 saturated carbocycles. The number of nitrogens with one attached hydrogen (secondary N) is 1. The molecule has 1 aromatic carbocycles. The minimum atomic E-state index is -5.19. The summed E-state index contributed by atoms with van der Waals surface area (Å²) < 4.78 is 49.1. The van der Waals surface area contributed by atoms with Crippen LogP contribution < -0.4 is 5.32 Å². The Hall–Kier alpha value is -1.83. The first-order chi connectivity index (χ1) is 9.11. The van der Waals surface area contributed by atoms with Crippen molar-refractivity contribution in [1.29, 1.82) is 0 Å². The molecule has 0 saturated heterocycles. The molecule has 1 rings (SSSR count). The van der Waals surface area contributed by atoms with E-state index in [0.717, 1.165) is 18.2 Å². The normalized spacial score (nSPS) is 12.8. The molecule has 0 heterocycles. The molecule has 110 valence electrons. The van der Waals surface area contributed by atoms with E-state index < -0.39 is 36.3 Å². The summed E-state index contributed by atoms with van der Waals surface area (Å²) in [5.41, 5.74) is 0.172. The van der Waals surface area contributed by atoms with Gasteiger partial charge in [0.25, 0.3) is 0 Å². The fraction of sp³-hybridized carbons (Fsp3) is 0.273. The van der Waals surface area contributed by atoms with Crippen molar-refractivity contribution in [2.75, 3.05) is 0 Å². The van der Waals surface area contributed by atoms with Crippen LogP contribution >= 0.6 is 11.6 Å². The summed E-state index contributed by atoms with van der Waals surface area (Å²) in [5.74, 6) is -4.76. The van der Waals surface area contributed by atoms with Crippen LogP contribution in [0, 0.1) is 5.82 Å². The van der Waals surface area contributed by atoms with Crippen LogP contribution in [-0.2, 0) is 16.0 Å². The van der Waals surface area contributed by atoms with Crippen molar-refractivity contribution in [1.82, 2.24) is 5.32 Å². The Morgan fingerprint density at radius 2 is 1.95 bits per heavy atom. The van der Waals surface area contributed by atoms with E-state index in [0.29, 0.717) is 0 Å². The van der Waals surface area contributed by atoms with Crippen LogP contribution in [0.1, 0.15) is 5.56 Å². The zero-order valence-electron chi connectivity index (χ0n) is 9.67. The number of carbonyl (C=O) groups is 2. The van der Waals surface area contributed by atoms with Gasteiger partial charge in [-0.05, 0) is 17.7 Å². The molecule has 20 heavy (non-hydrogen) atoms. The SMILES string of the molecule is O=C(O)C(Cc1ccc(F)c(Cl)c1)NC(=O)C(F)(F)F. The fourth-order valence-electron chi connectivity index (χ4n) is 1.34. The standard InChI is InChI=1S/C11H8ClF4NO3/c12-6-3-5(1-2-7(6)13)4-8(9(18)19)17-10(20)11(14,15)16/h1-3,8H,4H2,(H,17,20)(H,18,19). The van der Waals surface area contributed by atoms with E-state index in [1.807, 2.05) is 0 Å². The summed E-state index contributed by atoms with van der Waals surface area (Å²) in [4.78, 5) is 21.5. The Kier molecular flexibility index (Phi) is 4.93. The first-order valence-electron chi connectivity index (χ1n) is 5.15.